The van der Waals surface area contributed by atoms with Gasteiger partial charge in [-0.3, -0.25) is 0 Å². The zero-order valence-electron chi connectivity index (χ0n) is 8.33. The van der Waals surface area contributed by atoms with Gasteiger partial charge in [-0.2, -0.15) is 0 Å². The van der Waals surface area contributed by atoms with E-state index in [0.29, 0.717) is 0 Å². The van der Waals surface area contributed by atoms with E-state index < -0.39 is 8.80 Å². The largest absolute Gasteiger partial charge is 0.0985 e. The molecule has 1 aromatic carbocycles. The molecule has 0 atom stereocenters. The fourth-order valence-corrected chi connectivity index (χ4v) is 1.65. The maximum Gasteiger partial charge on any atom is 0.0554 e. The third-order valence-electron chi connectivity index (χ3n) is 1.85. The highest BCUT2D eigenvalue weighted by Gasteiger charge is 1.89. The first-order chi connectivity index (χ1) is 6.22. The topological polar surface area (TPSA) is 0 Å². The van der Waals surface area contributed by atoms with Gasteiger partial charge in [-0.15, -0.1) is 0 Å². The van der Waals surface area contributed by atoms with Gasteiger partial charge in [-0.1, -0.05) is 61.8 Å². The molecule has 1 rings (SSSR count). The van der Waals surface area contributed by atoms with Gasteiger partial charge in [-0.25, -0.2) is 0 Å². The van der Waals surface area contributed by atoms with Crippen molar-refractivity contribution in [3.63, 3.8) is 0 Å². The minimum Gasteiger partial charge on any atom is -0.0985 e. The summed E-state index contributed by atoms with van der Waals surface area (Å²) in [5.74, 6) is 0. The smallest absolute Gasteiger partial charge is 0.0554 e. The molecule has 0 saturated carbocycles. The van der Waals surface area contributed by atoms with Crippen molar-refractivity contribution in [3.8, 4) is 0 Å². The van der Waals surface area contributed by atoms with E-state index in [1.54, 1.807) is 0 Å². The number of hydrogen-bond acceptors (Lipinski definition) is 0. The second-order valence-corrected chi connectivity index (χ2v) is 6.35. The number of benzene rings is 1. The van der Waals surface area contributed by atoms with Crippen LogP contribution in [0.25, 0.3) is 12.2 Å². The Morgan fingerprint density at radius 2 is 1.62 bits per heavy atom. The maximum absolute atomic E-state index is 3.72. The second-order valence-electron chi connectivity index (χ2n) is 3.47. The fraction of sp³-hybridized carbons (Fsp3) is 0.167. The SMILES string of the molecule is C=Cc1ccc(C=C[SiH](C)C)cc1. The molecule has 13 heavy (non-hydrogen) atoms. The highest BCUT2D eigenvalue weighted by molar-refractivity contribution is 6.62. The monoisotopic (exact) mass is 188 g/mol. The van der Waals surface area contributed by atoms with Crippen molar-refractivity contribution >= 4 is 20.9 Å². The van der Waals surface area contributed by atoms with Crippen LogP contribution in [0.2, 0.25) is 13.1 Å². The molecule has 0 aromatic heterocycles. The van der Waals surface area contributed by atoms with Gasteiger partial charge in [0.2, 0.25) is 0 Å². The Morgan fingerprint density at radius 3 is 2.08 bits per heavy atom. The molecular formula is C12H16Si. The summed E-state index contributed by atoms with van der Waals surface area (Å²) < 4.78 is 0. The lowest BCUT2D eigenvalue weighted by atomic mass is 10.1. The molecule has 0 saturated heterocycles. The van der Waals surface area contributed by atoms with E-state index in [-0.39, 0.29) is 0 Å². The summed E-state index contributed by atoms with van der Waals surface area (Å²) in [5, 5.41) is 0. The molecule has 1 heteroatoms. The molecule has 1 aromatic rings. The van der Waals surface area contributed by atoms with Crippen molar-refractivity contribution in [2.45, 2.75) is 13.1 Å². The fourth-order valence-electron chi connectivity index (χ4n) is 1.05. The second kappa shape index (κ2) is 4.82. The van der Waals surface area contributed by atoms with Gasteiger partial charge < -0.3 is 0 Å². The van der Waals surface area contributed by atoms with Crippen LogP contribution in [0.4, 0.5) is 0 Å². The van der Waals surface area contributed by atoms with E-state index in [1.807, 2.05) is 6.08 Å². The van der Waals surface area contributed by atoms with Crippen LogP contribution in [0.3, 0.4) is 0 Å². The van der Waals surface area contributed by atoms with Crippen molar-refractivity contribution in [1.29, 1.82) is 0 Å². The standard InChI is InChI=1S/C12H16Si/c1-4-11-5-7-12(8-6-11)9-10-13(2)3/h4-10,13H,1H2,2-3H3. The van der Waals surface area contributed by atoms with E-state index in [2.05, 4.69) is 55.7 Å². The van der Waals surface area contributed by atoms with Crippen LogP contribution in [0, 0.1) is 0 Å². The van der Waals surface area contributed by atoms with Crippen LogP contribution in [0.1, 0.15) is 11.1 Å². The molecule has 0 N–H and O–H groups in total. The quantitative estimate of drug-likeness (QED) is 0.638. The molecule has 0 radical (unpaired) electrons. The third-order valence-corrected chi connectivity index (χ3v) is 2.81. The Hall–Kier alpha value is -1.08. The van der Waals surface area contributed by atoms with Gasteiger partial charge in [0.25, 0.3) is 0 Å². The Bertz CT molecular complexity index is 293. The van der Waals surface area contributed by atoms with Gasteiger partial charge in [0, 0.05) is 0 Å². The van der Waals surface area contributed by atoms with Crippen LogP contribution in [-0.4, -0.2) is 8.80 Å². The third kappa shape index (κ3) is 3.43. The summed E-state index contributed by atoms with van der Waals surface area (Å²) in [4.78, 5) is 0. The van der Waals surface area contributed by atoms with Crippen molar-refractivity contribution in [2.75, 3.05) is 0 Å². The van der Waals surface area contributed by atoms with Gasteiger partial charge in [-0.05, 0) is 11.1 Å². The Kier molecular flexibility index (Phi) is 3.71. The van der Waals surface area contributed by atoms with E-state index in [0.717, 1.165) is 0 Å². The van der Waals surface area contributed by atoms with Crippen molar-refractivity contribution in [1.82, 2.24) is 0 Å². The van der Waals surface area contributed by atoms with Crippen molar-refractivity contribution in [2.24, 2.45) is 0 Å². The summed E-state index contributed by atoms with van der Waals surface area (Å²) in [6.45, 7) is 8.35. The highest BCUT2D eigenvalue weighted by Crippen LogP contribution is 2.07. The molecule has 0 amide bonds. The van der Waals surface area contributed by atoms with Gasteiger partial charge in [0.15, 0.2) is 0 Å². The lowest BCUT2D eigenvalue weighted by Gasteiger charge is -1.96. The number of hydrogen-bond donors (Lipinski definition) is 0. The Balaban J connectivity index is 2.75. The van der Waals surface area contributed by atoms with Gasteiger partial charge in [0.1, 0.15) is 0 Å². The minimum atomic E-state index is -0.561. The molecule has 0 bridgehead atoms. The van der Waals surface area contributed by atoms with Crippen LogP contribution in [0.5, 0.6) is 0 Å². The average Bonchev–Trinajstić information content (AvgIpc) is 2.15. The molecule has 0 unspecified atom stereocenters. The molecule has 0 heterocycles. The lowest BCUT2D eigenvalue weighted by Crippen LogP contribution is -1.91. The summed E-state index contributed by atoms with van der Waals surface area (Å²) in [7, 11) is -0.561. The molecule has 0 aliphatic heterocycles. The molecule has 0 spiro atoms. The summed E-state index contributed by atoms with van der Waals surface area (Å²) in [6, 6.07) is 8.44. The van der Waals surface area contributed by atoms with E-state index in [9.17, 15) is 0 Å². The highest BCUT2D eigenvalue weighted by atomic mass is 28.3. The predicted octanol–water partition coefficient (Wildman–Crippen LogP) is 3.37. The predicted molar refractivity (Wildman–Crippen MR) is 64.4 cm³/mol. The summed E-state index contributed by atoms with van der Waals surface area (Å²) in [6.07, 6.45) is 4.08. The van der Waals surface area contributed by atoms with Crippen molar-refractivity contribution < 1.29 is 0 Å². The first-order valence-corrected chi connectivity index (χ1v) is 7.60. The van der Waals surface area contributed by atoms with E-state index >= 15 is 0 Å². The lowest BCUT2D eigenvalue weighted by molar-refractivity contribution is 1.62. The first-order valence-electron chi connectivity index (χ1n) is 4.63. The van der Waals surface area contributed by atoms with Crippen LogP contribution in [0.15, 0.2) is 36.5 Å². The molecule has 0 nitrogen and oxygen atoms in total. The molecule has 0 fully saturated rings. The summed E-state index contributed by atoms with van der Waals surface area (Å²) >= 11 is 0. The van der Waals surface area contributed by atoms with Crippen LogP contribution in [-0.2, 0) is 0 Å². The first kappa shape index (κ1) is 10.0. The van der Waals surface area contributed by atoms with E-state index in [1.165, 1.54) is 11.1 Å². The molecule has 68 valence electrons. The van der Waals surface area contributed by atoms with Crippen molar-refractivity contribution in [3.05, 3.63) is 47.7 Å². The Labute approximate surface area is 82.2 Å². The molecular weight excluding hydrogens is 172 g/mol. The normalized spacial score (nSPS) is 11.0. The summed E-state index contributed by atoms with van der Waals surface area (Å²) in [5.41, 5.74) is 4.80. The average molecular weight is 188 g/mol. The zero-order valence-corrected chi connectivity index (χ0v) is 9.48. The van der Waals surface area contributed by atoms with Crippen LogP contribution >= 0.6 is 0 Å². The van der Waals surface area contributed by atoms with E-state index in [4.69, 9.17) is 0 Å². The van der Waals surface area contributed by atoms with Crippen LogP contribution < -0.4 is 0 Å². The van der Waals surface area contributed by atoms with Gasteiger partial charge >= 0.3 is 0 Å². The Morgan fingerprint density at radius 1 is 1.08 bits per heavy atom. The molecule has 0 aliphatic carbocycles. The minimum absolute atomic E-state index is 0.561. The number of rotatable bonds is 3. The van der Waals surface area contributed by atoms with Gasteiger partial charge in [0.05, 0.1) is 8.80 Å². The maximum atomic E-state index is 3.72. The zero-order chi connectivity index (χ0) is 9.68. The molecule has 0 aliphatic rings.